The van der Waals surface area contributed by atoms with Crippen molar-refractivity contribution in [2.24, 2.45) is 10.9 Å². The Hall–Kier alpha value is -1.80. The van der Waals surface area contributed by atoms with E-state index in [4.69, 9.17) is 4.74 Å². The lowest BCUT2D eigenvalue weighted by Gasteiger charge is -2.32. The summed E-state index contributed by atoms with van der Waals surface area (Å²) in [6.45, 7) is 8.82. The third kappa shape index (κ3) is 8.14. The number of guanidine groups is 1. The molecule has 0 aliphatic carbocycles. The molecule has 1 aliphatic rings. The first-order valence-corrected chi connectivity index (χ1v) is 12.6. The molecular weight excluding hydrogens is 400 g/mol. The second-order valence-corrected chi connectivity index (χ2v) is 10.3. The average Bonchev–Trinajstić information content (AvgIpc) is 2.72. The van der Waals surface area contributed by atoms with Crippen LogP contribution >= 0.6 is 0 Å². The van der Waals surface area contributed by atoms with Gasteiger partial charge in [-0.2, -0.15) is 0 Å². The SMILES string of the molecule is CCCS(=O)(=O)N1CCC(NC(=NC)NCCc2ccc(OCC(C)C)cc2)CC1. The van der Waals surface area contributed by atoms with Crippen molar-refractivity contribution in [2.45, 2.75) is 52.5 Å². The van der Waals surface area contributed by atoms with Gasteiger partial charge in [-0.15, -0.1) is 0 Å². The summed E-state index contributed by atoms with van der Waals surface area (Å²) in [5, 5.41) is 6.79. The highest BCUT2D eigenvalue weighted by molar-refractivity contribution is 7.89. The number of ether oxygens (including phenoxy) is 1. The van der Waals surface area contributed by atoms with Crippen molar-refractivity contribution < 1.29 is 13.2 Å². The number of piperidine rings is 1. The summed E-state index contributed by atoms with van der Waals surface area (Å²) in [7, 11) is -1.34. The molecule has 1 heterocycles. The molecule has 8 heteroatoms. The molecule has 0 unspecified atom stereocenters. The van der Waals surface area contributed by atoms with Gasteiger partial charge in [-0.3, -0.25) is 4.99 Å². The second-order valence-electron chi connectivity index (χ2n) is 8.23. The zero-order valence-corrected chi connectivity index (χ0v) is 19.7. The van der Waals surface area contributed by atoms with E-state index >= 15 is 0 Å². The Morgan fingerprint density at radius 1 is 1.23 bits per heavy atom. The molecule has 1 aromatic carbocycles. The van der Waals surface area contributed by atoms with Gasteiger partial charge >= 0.3 is 0 Å². The standard InChI is InChI=1S/C22H38N4O3S/c1-5-16-30(27,28)26-14-11-20(12-15-26)25-22(23-4)24-13-10-19-6-8-21(9-7-19)29-17-18(2)3/h6-9,18,20H,5,10-17H2,1-4H3,(H2,23,24,25). The Balaban J connectivity index is 1.72. The van der Waals surface area contributed by atoms with Gasteiger partial charge in [0, 0.05) is 32.7 Å². The predicted octanol–water partition coefficient (Wildman–Crippen LogP) is 2.63. The fourth-order valence-electron chi connectivity index (χ4n) is 3.39. The van der Waals surface area contributed by atoms with Gasteiger partial charge in [-0.05, 0) is 49.3 Å². The maximum atomic E-state index is 12.2. The summed E-state index contributed by atoms with van der Waals surface area (Å²) in [4.78, 5) is 4.31. The van der Waals surface area contributed by atoms with E-state index in [0.717, 1.165) is 44.1 Å². The maximum Gasteiger partial charge on any atom is 0.214 e. The third-order valence-corrected chi connectivity index (χ3v) is 7.16. The molecule has 1 fully saturated rings. The van der Waals surface area contributed by atoms with Crippen molar-refractivity contribution in [2.75, 3.05) is 39.0 Å². The van der Waals surface area contributed by atoms with Crippen LogP contribution in [0.5, 0.6) is 5.75 Å². The summed E-state index contributed by atoms with van der Waals surface area (Å²) < 4.78 is 31.7. The first kappa shape index (κ1) is 24.5. The molecule has 0 radical (unpaired) electrons. The van der Waals surface area contributed by atoms with Crippen LogP contribution in [0.4, 0.5) is 0 Å². The summed E-state index contributed by atoms with van der Waals surface area (Å²) in [5.41, 5.74) is 1.24. The molecule has 2 rings (SSSR count). The monoisotopic (exact) mass is 438 g/mol. The van der Waals surface area contributed by atoms with Crippen LogP contribution in [0, 0.1) is 5.92 Å². The van der Waals surface area contributed by atoms with Crippen molar-refractivity contribution in [3.8, 4) is 5.75 Å². The van der Waals surface area contributed by atoms with Gasteiger partial charge in [0.25, 0.3) is 0 Å². The molecule has 0 aromatic heterocycles. The molecule has 1 saturated heterocycles. The van der Waals surface area contributed by atoms with E-state index < -0.39 is 10.0 Å². The summed E-state index contributed by atoms with van der Waals surface area (Å²) in [5.74, 6) is 2.42. The molecule has 0 saturated carbocycles. The van der Waals surface area contributed by atoms with E-state index in [2.05, 4.69) is 41.6 Å². The molecule has 0 atom stereocenters. The van der Waals surface area contributed by atoms with Crippen LogP contribution in [0.25, 0.3) is 0 Å². The van der Waals surface area contributed by atoms with Crippen LogP contribution in [-0.4, -0.2) is 63.8 Å². The van der Waals surface area contributed by atoms with E-state index in [1.807, 2.05) is 19.1 Å². The fourth-order valence-corrected chi connectivity index (χ4v) is 4.94. The lowest BCUT2D eigenvalue weighted by atomic mass is 10.1. The van der Waals surface area contributed by atoms with Crippen LogP contribution in [0.15, 0.2) is 29.3 Å². The lowest BCUT2D eigenvalue weighted by Crippen LogP contribution is -2.50. The predicted molar refractivity (Wildman–Crippen MR) is 124 cm³/mol. The van der Waals surface area contributed by atoms with Crippen molar-refractivity contribution in [3.63, 3.8) is 0 Å². The van der Waals surface area contributed by atoms with Crippen LogP contribution in [0.2, 0.25) is 0 Å². The smallest absolute Gasteiger partial charge is 0.214 e. The van der Waals surface area contributed by atoms with E-state index in [-0.39, 0.29) is 11.8 Å². The minimum absolute atomic E-state index is 0.235. The van der Waals surface area contributed by atoms with Crippen molar-refractivity contribution in [1.82, 2.24) is 14.9 Å². The minimum Gasteiger partial charge on any atom is -0.493 e. The van der Waals surface area contributed by atoms with Crippen LogP contribution < -0.4 is 15.4 Å². The van der Waals surface area contributed by atoms with Crippen LogP contribution in [-0.2, 0) is 16.4 Å². The molecule has 0 amide bonds. The van der Waals surface area contributed by atoms with Gasteiger partial charge in [-0.25, -0.2) is 12.7 Å². The van der Waals surface area contributed by atoms with Gasteiger partial charge in [0.1, 0.15) is 5.75 Å². The molecule has 0 bridgehead atoms. The molecule has 170 valence electrons. The first-order chi connectivity index (χ1) is 14.3. The number of hydrogen-bond acceptors (Lipinski definition) is 4. The molecule has 1 aromatic rings. The van der Waals surface area contributed by atoms with E-state index in [9.17, 15) is 8.42 Å². The average molecular weight is 439 g/mol. The highest BCUT2D eigenvalue weighted by Gasteiger charge is 2.27. The summed E-state index contributed by atoms with van der Waals surface area (Å²) >= 11 is 0. The van der Waals surface area contributed by atoms with Crippen molar-refractivity contribution in [1.29, 1.82) is 0 Å². The Bertz CT molecular complexity index is 755. The maximum absolute atomic E-state index is 12.2. The number of nitrogens with one attached hydrogen (secondary N) is 2. The van der Waals surface area contributed by atoms with Gasteiger partial charge in [0.05, 0.1) is 12.4 Å². The van der Waals surface area contributed by atoms with E-state index in [1.165, 1.54) is 5.56 Å². The molecule has 30 heavy (non-hydrogen) atoms. The number of aliphatic imine (C=N–C) groups is 1. The number of nitrogens with zero attached hydrogens (tertiary/aromatic N) is 2. The van der Waals surface area contributed by atoms with E-state index in [0.29, 0.717) is 25.4 Å². The number of rotatable bonds is 10. The van der Waals surface area contributed by atoms with Crippen molar-refractivity contribution in [3.05, 3.63) is 29.8 Å². The Kier molecular flexibility index (Phi) is 9.91. The Morgan fingerprint density at radius 2 is 1.90 bits per heavy atom. The third-order valence-electron chi connectivity index (χ3n) is 5.09. The fraction of sp³-hybridized carbons (Fsp3) is 0.682. The topological polar surface area (TPSA) is 83.0 Å². The van der Waals surface area contributed by atoms with Crippen molar-refractivity contribution >= 4 is 16.0 Å². The normalized spacial score (nSPS) is 16.6. The molecule has 2 N–H and O–H groups in total. The zero-order valence-electron chi connectivity index (χ0n) is 18.9. The van der Waals surface area contributed by atoms with Gasteiger partial charge in [0.15, 0.2) is 5.96 Å². The minimum atomic E-state index is -3.10. The highest BCUT2D eigenvalue weighted by Crippen LogP contribution is 2.15. The zero-order chi connectivity index (χ0) is 22.0. The quantitative estimate of drug-likeness (QED) is 0.433. The number of sulfonamides is 1. The molecule has 0 spiro atoms. The van der Waals surface area contributed by atoms with E-state index in [1.54, 1.807) is 11.4 Å². The molecular formula is C22H38N4O3S. The first-order valence-electron chi connectivity index (χ1n) is 11.0. The largest absolute Gasteiger partial charge is 0.493 e. The van der Waals surface area contributed by atoms with Gasteiger partial charge in [-0.1, -0.05) is 32.9 Å². The second kappa shape index (κ2) is 12.2. The Morgan fingerprint density at radius 3 is 2.47 bits per heavy atom. The lowest BCUT2D eigenvalue weighted by molar-refractivity contribution is 0.271. The van der Waals surface area contributed by atoms with Gasteiger partial charge in [0.2, 0.25) is 10.0 Å². The van der Waals surface area contributed by atoms with Crippen LogP contribution in [0.1, 0.15) is 45.6 Å². The Labute approximate surface area is 182 Å². The summed E-state index contributed by atoms with van der Waals surface area (Å²) in [6.07, 6.45) is 3.13. The van der Waals surface area contributed by atoms with Crippen LogP contribution in [0.3, 0.4) is 0 Å². The number of hydrogen-bond donors (Lipinski definition) is 2. The molecule has 1 aliphatic heterocycles. The summed E-state index contributed by atoms with van der Waals surface area (Å²) in [6, 6.07) is 8.47. The van der Waals surface area contributed by atoms with Gasteiger partial charge < -0.3 is 15.4 Å². The number of benzene rings is 1. The highest BCUT2D eigenvalue weighted by atomic mass is 32.2. The molecule has 7 nitrogen and oxygen atoms in total.